The van der Waals surface area contributed by atoms with Gasteiger partial charge in [0.1, 0.15) is 11.8 Å². The van der Waals surface area contributed by atoms with E-state index < -0.39 is 6.04 Å². The zero-order valence-electron chi connectivity index (χ0n) is 15.7. The summed E-state index contributed by atoms with van der Waals surface area (Å²) in [6, 6.07) is 14.2. The fourth-order valence-electron chi connectivity index (χ4n) is 2.45. The quantitative estimate of drug-likeness (QED) is 0.800. The van der Waals surface area contributed by atoms with Crippen molar-refractivity contribution in [2.75, 3.05) is 11.9 Å². The van der Waals surface area contributed by atoms with Crippen molar-refractivity contribution in [2.45, 2.75) is 33.7 Å². The van der Waals surface area contributed by atoms with E-state index in [0.29, 0.717) is 5.75 Å². The minimum atomic E-state index is -0.636. The van der Waals surface area contributed by atoms with Gasteiger partial charge in [-0.25, -0.2) is 0 Å². The molecule has 0 fully saturated rings. The number of benzene rings is 2. The van der Waals surface area contributed by atoms with Crippen LogP contribution < -0.4 is 15.4 Å². The number of amides is 2. The zero-order valence-corrected chi connectivity index (χ0v) is 15.7. The second-order valence-corrected chi connectivity index (χ2v) is 6.68. The van der Waals surface area contributed by atoms with Crippen LogP contribution in [0, 0.1) is 19.8 Å². The maximum Gasteiger partial charge on any atom is 0.258 e. The van der Waals surface area contributed by atoms with E-state index in [1.165, 1.54) is 0 Å². The number of para-hydroxylation sites is 1. The fraction of sp³-hybridized carbons (Fsp3) is 0.333. The van der Waals surface area contributed by atoms with Crippen LogP contribution in [0.2, 0.25) is 0 Å². The Labute approximate surface area is 154 Å². The van der Waals surface area contributed by atoms with Gasteiger partial charge in [0.15, 0.2) is 6.61 Å². The lowest BCUT2D eigenvalue weighted by Gasteiger charge is -2.22. The van der Waals surface area contributed by atoms with Crippen molar-refractivity contribution in [3.63, 3.8) is 0 Å². The second-order valence-electron chi connectivity index (χ2n) is 6.68. The number of carbonyl (C=O) groups is 2. The van der Waals surface area contributed by atoms with Crippen LogP contribution in [-0.4, -0.2) is 24.5 Å². The van der Waals surface area contributed by atoms with E-state index in [1.807, 2.05) is 64.1 Å². The van der Waals surface area contributed by atoms with Crippen LogP contribution in [0.3, 0.4) is 0 Å². The fourth-order valence-corrected chi connectivity index (χ4v) is 2.45. The maximum absolute atomic E-state index is 12.6. The van der Waals surface area contributed by atoms with Crippen molar-refractivity contribution in [1.29, 1.82) is 0 Å². The molecular weight excluding hydrogens is 328 g/mol. The highest BCUT2D eigenvalue weighted by atomic mass is 16.5. The average Bonchev–Trinajstić information content (AvgIpc) is 2.61. The lowest BCUT2D eigenvalue weighted by Crippen LogP contribution is -2.48. The molecule has 0 spiro atoms. The summed E-state index contributed by atoms with van der Waals surface area (Å²) in [6.07, 6.45) is 0. The van der Waals surface area contributed by atoms with Gasteiger partial charge in [0.2, 0.25) is 5.91 Å². The summed E-state index contributed by atoms with van der Waals surface area (Å²) in [5.74, 6) is -0.00958. The predicted octanol–water partition coefficient (Wildman–Crippen LogP) is 3.46. The molecule has 26 heavy (non-hydrogen) atoms. The maximum atomic E-state index is 12.6. The number of ether oxygens (including phenoxy) is 1. The standard InChI is InChI=1S/C21H26N2O3/c1-14(2)20(21(25)22-17-11-10-15(3)16(4)12-17)23-19(24)13-26-18-8-6-5-7-9-18/h5-12,14,20H,13H2,1-4H3,(H,22,25)(H,23,24)/t20-/m0/s1. The van der Waals surface area contributed by atoms with Crippen LogP contribution in [0.15, 0.2) is 48.5 Å². The first-order valence-electron chi connectivity index (χ1n) is 8.72. The van der Waals surface area contributed by atoms with E-state index in [4.69, 9.17) is 4.74 Å². The van der Waals surface area contributed by atoms with Crippen molar-refractivity contribution in [3.05, 3.63) is 59.7 Å². The monoisotopic (exact) mass is 354 g/mol. The Bertz CT molecular complexity index is 757. The van der Waals surface area contributed by atoms with Crippen molar-refractivity contribution < 1.29 is 14.3 Å². The third kappa shape index (κ3) is 5.62. The van der Waals surface area contributed by atoms with Gasteiger partial charge in [0.05, 0.1) is 0 Å². The molecule has 2 aromatic rings. The summed E-state index contributed by atoms with van der Waals surface area (Å²) in [5, 5.41) is 5.63. The number of nitrogens with one attached hydrogen (secondary N) is 2. The third-order valence-electron chi connectivity index (χ3n) is 4.15. The van der Waals surface area contributed by atoms with Crippen molar-refractivity contribution in [1.82, 2.24) is 5.32 Å². The number of rotatable bonds is 7. The molecule has 5 heteroatoms. The van der Waals surface area contributed by atoms with Crippen molar-refractivity contribution in [2.24, 2.45) is 5.92 Å². The Morgan fingerprint density at radius 1 is 1.00 bits per heavy atom. The van der Waals surface area contributed by atoms with E-state index in [-0.39, 0.29) is 24.3 Å². The topological polar surface area (TPSA) is 67.4 Å². The summed E-state index contributed by atoms with van der Waals surface area (Å²) >= 11 is 0. The van der Waals surface area contributed by atoms with Crippen LogP contribution in [0.4, 0.5) is 5.69 Å². The van der Waals surface area contributed by atoms with Gasteiger partial charge in [0.25, 0.3) is 5.91 Å². The molecule has 0 aliphatic carbocycles. The van der Waals surface area contributed by atoms with Gasteiger partial charge in [-0.05, 0) is 55.2 Å². The van der Waals surface area contributed by atoms with Gasteiger partial charge in [0, 0.05) is 5.69 Å². The second kappa shape index (κ2) is 9.04. The minimum absolute atomic E-state index is 0.0535. The van der Waals surface area contributed by atoms with Gasteiger partial charge in [-0.15, -0.1) is 0 Å². The van der Waals surface area contributed by atoms with E-state index in [0.717, 1.165) is 16.8 Å². The molecule has 0 saturated heterocycles. The first kappa shape index (κ1) is 19.5. The Morgan fingerprint density at radius 3 is 2.31 bits per heavy atom. The molecule has 2 amide bonds. The molecule has 2 aromatic carbocycles. The van der Waals surface area contributed by atoms with Crippen molar-refractivity contribution >= 4 is 17.5 Å². The number of hydrogen-bond donors (Lipinski definition) is 2. The lowest BCUT2D eigenvalue weighted by atomic mass is 10.0. The van der Waals surface area contributed by atoms with E-state index >= 15 is 0 Å². The molecule has 0 saturated carbocycles. The highest BCUT2D eigenvalue weighted by molar-refractivity contribution is 5.97. The normalized spacial score (nSPS) is 11.7. The molecule has 1 atom stereocenters. The molecule has 0 bridgehead atoms. The summed E-state index contributed by atoms with van der Waals surface area (Å²) in [5.41, 5.74) is 2.98. The van der Waals surface area contributed by atoms with Gasteiger partial charge >= 0.3 is 0 Å². The van der Waals surface area contributed by atoms with E-state index in [1.54, 1.807) is 12.1 Å². The van der Waals surface area contributed by atoms with Gasteiger partial charge in [-0.3, -0.25) is 9.59 Å². The van der Waals surface area contributed by atoms with Crippen LogP contribution in [0.5, 0.6) is 5.75 Å². The first-order valence-corrected chi connectivity index (χ1v) is 8.72. The Kier molecular flexibility index (Phi) is 6.78. The summed E-state index contributed by atoms with van der Waals surface area (Å²) in [4.78, 5) is 24.8. The predicted molar refractivity (Wildman–Crippen MR) is 103 cm³/mol. The summed E-state index contributed by atoms with van der Waals surface area (Å²) in [6.45, 7) is 7.66. The highest BCUT2D eigenvalue weighted by Crippen LogP contribution is 2.15. The molecule has 2 N–H and O–H groups in total. The average molecular weight is 354 g/mol. The van der Waals surface area contributed by atoms with E-state index in [9.17, 15) is 9.59 Å². The molecule has 0 radical (unpaired) electrons. The van der Waals surface area contributed by atoms with Gasteiger partial charge in [-0.2, -0.15) is 0 Å². The number of carbonyl (C=O) groups excluding carboxylic acids is 2. The molecular formula is C21H26N2O3. The number of hydrogen-bond acceptors (Lipinski definition) is 3. The molecule has 0 aromatic heterocycles. The summed E-state index contributed by atoms with van der Waals surface area (Å²) < 4.78 is 5.43. The smallest absolute Gasteiger partial charge is 0.258 e. The SMILES string of the molecule is Cc1ccc(NC(=O)[C@@H](NC(=O)COc2ccccc2)C(C)C)cc1C. The molecule has 0 heterocycles. The molecule has 138 valence electrons. The Balaban J connectivity index is 1.95. The Morgan fingerprint density at radius 2 is 1.69 bits per heavy atom. The molecule has 2 rings (SSSR count). The molecule has 0 aliphatic rings. The number of aryl methyl sites for hydroxylation is 2. The number of anilines is 1. The molecule has 0 unspecified atom stereocenters. The first-order chi connectivity index (χ1) is 12.4. The van der Waals surface area contributed by atoms with Gasteiger partial charge in [-0.1, -0.05) is 38.1 Å². The zero-order chi connectivity index (χ0) is 19.1. The summed E-state index contributed by atoms with van der Waals surface area (Å²) in [7, 11) is 0. The van der Waals surface area contributed by atoms with Crippen LogP contribution in [-0.2, 0) is 9.59 Å². The third-order valence-corrected chi connectivity index (χ3v) is 4.15. The molecule has 5 nitrogen and oxygen atoms in total. The van der Waals surface area contributed by atoms with Crippen LogP contribution in [0.1, 0.15) is 25.0 Å². The minimum Gasteiger partial charge on any atom is -0.484 e. The van der Waals surface area contributed by atoms with E-state index in [2.05, 4.69) is 10.6 Å². The van der Waals surface area contributed by atoms with Gasteiger partial charge < -0.3 is 15.4 Å². The largest absolute Gasteiger partial charge is 0.484 e. The lowest BCUT2D eigenvalue weighted by molar-refractivity contribution is -0.128. The van der Waals surface area contributed by atoms with Crippen LogP contribution >= 0.6 is 0 Å². The molecule has 0 aliphatic heterocycles. The van der Waals surface area contributed by atoms with Crippen molar-refractivity contribution in [3.8, 4) is 5.75 Å². The highest BCUT2D eigenvalue weighted by Gasteiger charge is 2.24. The Hall–Kier alpha value is -2.82. The van der Waals surface area contributed by atoms with Crippen LogP contribution in [0.25, 0.3) is 0 Å².